The number of hydrogen-bond acceptors (Lipinski definition) is 3. The number of urea groups is 1. The molecule has 2 amide bonds. The van der Waals surface area contributed by atoms with E-state index >= 15 is 0 Å². The maximum Gasteiger partial charge on any atom is 0.319 e. The van der Waals surface area contributed by atoms with Gasteiger partial charge in [0.15, 0.2) is 0 Å². The Hall–Kier alpha value is -2.53. The monoisotopic (exact) mass is 339 g/mol. The summed E-state index contributed by atoms with van der Waals surface area (Å²) in [5.74, 6) is 0. The third-order valence-electron chi connectivity index (χ3n) is 4.21. The quantitative estimate of drug-likeness (QED) is 0.894. The second-order valence-electron chi connectivity index (χ2n) is 6.47. The number of nitrogens with zero attached hydrogens (tertiary/aromatic N) is 1. The Balaban J connectivity index is 1.65. The van der Waals surface area contributed by atoms with Gasteiger partial charge >= 0.3 is 6.03 Å². The highest BCUT2D eigenvalue weighted by molar-refractivity contribution is 5.93. The van der Waals surface area contributed by atoms with Crippen molar-refractivity contribution in [3.8, 4) is 0 Å². The highest BCUT2D eigenvalue weighted by atomic mass is 16.5. The van der Waals surface area contributed by atoms with Crippen molar-refractivity contribution in [3.05, 3.63) is 60.2 Å². The van der Waals surface area contributed by atoms with Crippen molar-refractivity contribution in [1.29, 1.82) is 0 Å². The van der Waals surface area contributed by atoms with Gasteiger partial charge in [-0.15, -0.1) is 0 Å². The summed E-state index contributed by atoms with van der Waals surface area (Å²) in [6.45, 7) is 6.28. The number of nitrogens with one attached hydrogen (secondary N) is 2. The second kappa shape index (κ2) is 8.03. The lowest BCUT2D eigenvalue weighted by Crippen LogP contribution is -2.45. The smallest absolute Gasteiger partial charge is 0.319 e. The van der Waals surface area contributed by atoms with Crippen molar-refractivity contribution in [1.82, 2.24) is 5.32 Å². The van der Waals surface area contributed by atoms with E-state index in [1.165, 1.54) is 0 Å². The van der Waals surface area contributed by atoms with Crippen LogP contribution in [0.4, 0.5) is 16.2 Å². The first-order chi connectivity index (χ1) is 12.1. The molecule has 0 aliphatic carbocycles. The Bertz CT molecular complexity index is 695. The Labute approximate surface area is 149 Å². The van der Waals surface area contributed by atoms with E-state index in [0.29, 0.717) is 6.54 Å². The van der Waals surface area contributed by atoms with E-state index in [1.807, 2.05) is 54.6 Å². The zero-order valence-electron chi connectivity index (χ0n) is 14.7. The third kappa shape index (κ3) is 4.73. The van der Waals surface area contributed by atoms with Crippen molar-refractivity contribution in [3.63, 3.8) is 0 Å². The fourth-order valence-electron chi connectivity index (χ4n) is 3.17. The zero-order valence-corrected chi connectivity index (χ0v) is 14.7. The van der Waals surface area contributed by atoms with Gasteiger partial charge in [-0.2, -0.15) is 0 Å². The summed E-state index contributed by atoms with van der Waals surface area (Å²) >= 11 is 0. The Morgan fingerprint density at radius 1 is 1.04 bits per heavy atom. The number of anilines is 2. The normalized spacial score (nSPS) is 20.2. The number of morpholine rings is 1. The molecule has 5 nitrogen and oxygen atoms in total. The lowest BCUT2D eigenvalue weighted by atomic mass is 10.1. The molecule has 0 spiro atoms. The van der Waals surface area contributed by atoms with Crippen molar-refractivity contribution in [2.45, 2.75) is 32.6 Å². The summed E-state index contributed by atoms with van der Waals surface area (Å²) < 4.78 is 5.81. The molecule has 2 unspecified atom stereocenters. The van der Waals surface area contributed by atoms with E-state index in [4.69, 9.17) is 4.74 Å². The molecular formula is C20H25N3O2. The zero-order chi connectivity index (χ0) is 17.6. The lowest BCUT2D eigenvalue weighted by Gasteiger charge is -2.37. The van der Waals surface area contributed by atoms with Crippen LogP contribution in [-0.2, 0) is 11.3 Å². The Kier molecular flexibility index (Phi) is 5.56. The van der Waals surface area contributed by atoms with Crippen molar-refractivity contribution in [2.75, 3.05) is 23.3 Å². The first kappa shape index (κ1) is 17.3. The van der Waals surface area contributed by atoms with E-state index in [2.05, 4.69) is 29.4 Å². The van der Waals surface area contributed by atoms with Crippen LogP contribution in [-0.4, -0.2) is 31.3 Å². The molecule has 5 heteroatoms. The largest absolute Gasteiger partial charge is 0.372 e. The van der Waals surface area contributed by atoms with Gasteiger partial charge in [0.1, 0.15) is 0 Å². The predicted octanol–water partition coefficient (Wildman–Crippen LogP) is 3.62. The molecule has 0 saturated carbocycles. The average Bonchev–Trinajstić information content (AvgIpc) is 2.60. The van der Waals surface area contributed by atoms with Crippen LogP contribution < -0.4 is 15.5 Å². The number of carbonyl (C=O) groups excluding carboxylic acids is 1. The molecule has 132 valence electrons. The molecule has 0 aromatic heterocycles. The SMILES string of the molecule is CC1CN(c2ccccc2NC(=O)NCc2ccccc2)CC(C)O1. The van der Waals surface area contributed by atoms with E-state index < -0.39 is 0 Å². The van der Waals surface area contributed by atoms with Crippen molar-refractivity contribution in [2.24, 2.45) is 0 Å². The third-order valence-corrected chi connectivity index (χ3v) is 4.21. The molecular weight excluding hydrogens is 314 g/mol. The summed E-state index contributed by atoms with van der Waals surface area (Å²) in [6.07, 6.45) is 0.340. The summed E-state index contributed by atoms with van der Waals surface area (Å²) in [5, 5.41) is 5.88. The van der Waals surface area contributed by atoms with Gasteiger partial charge in [-0.25, -0.2) is 4.79 Å². The average molecular weight is 339 g/mol. The molecule has 1 fully saturated rings. The summed E-state index contributed by atoms with van der Waals surface area (Å²) in [7, 11) is 0. The molecule has 2 N–H and O–H groups in total. The standard InChI is InChI=1S/C20H25N3O2/c1-15-13-23(14-16(2)25-15)19-11-7-6-10-18(19)22-20(24)21-12-17-8-4-3-5-9-17/h3-11,15-16H,12-14H2,1-2H3,(H2,21,22,24). The van der Waals surface area contributed by atoms with Crippen molar-refractivity contribution >= 4 is 17.4 Å². The maximum atomic E-state index is 12.3. The molecule has 1 saturated heterocycles. The van der Waals surface area contributed by atoms with Gasteiger partial charge < -0.3 is 20.3 Å². The van der Waals surface area contributed by atoms with Crippen LogP contribution in [0.25, 0.3) is 0 Å². The number of para-hydroxylation sites is 2. The van der Waals surface area contributed by atoms with Crippen LogP contribution in [0.1, 0.15) is 19.4 Å². The molecule has 0 bridgehead atoms. The highest BCUT2D eigenvalue weighted by Crippen LogP contribution is 2.28. The Morgan fingerprint density at radius 2 is 1.68 bits per heavy atom. The van der Waals surface area contributed by atoms with Gasteiger partial charge in [0, 0.05) is 19.6 Å². The summed E-state index contributed by atoms with van der Waals surface area (Å²) in [5.41, 5.74) is 2.91. The van der Waals surface area contributed by atoms with E-state index in [9.17, 15) is 4.79 Å². The van der Waals surface area contributed by atoms with Crippen molar-refractivity contribution < 1.29 is 9.53 Å². The molecule has 2 atom stereocenters. The van der Waals surface area contributed by atoms with Gasteiger partial charge in [0.25, 0.3) is 0 Å². The van der Waals surface area contributed by atoms with Gasteiger partial charge in [0.05, 0.1) is 23.6 Å². The minimum atomic E-state index is -0.203. The minimum absolute atomic E-state index is 0.170. The lowest BCUT2D eigenvalue weighted by molar-refractivity contribution is -0.00517. The van der Waals surface area contributed by atoms with Crippen LogP contribution >= 0.6 is 0 Å². The summed E-state index contributed by atoms with van der Waals surface area (Å²) in [6, 6.07) is 17.6. The molecule has 1 heterocycles. The number of carbonyl (C=O) groups is 1. The van der Waals surface area contributed by atoms with Gasteiger partial charge in [-0.1, -0.05) is 42.5 Å². The van der Waals surface area contributed by atoms with E-state index in [-0.39, 0.29) is 18.2 Å². The molecule has 3 rings (SSSR count). The molecule has 1 aliphatic rings. The predicted molar refractivity (Wildman–Crippen MR) is 101 cm³/mol. The fraction of sp³-hybridized carbons (Fsp3) is 0.350. The highest BCUT2D eigenvalue weighted by Gasteiger charge is 2.24. The minimum Gasteiger partial charge on any atom is -0.372 e. The number of ether oxygens (including phenoxy) is 1. The van der Waals surface area contributed by atoms with Crippen LogP contribution in [0.3, 0.4) is 0 Å². The maximum absolute atomic E-state index is 12.3. The van der Waals surface area contributed by atoms with Gasteiger partial charge in [-0.3, -0.25) is 0 Å². The van der Waals surface area contributed by atoms with Gasteiger partial charge in [-0.05, 0) is 31.5 Å². The number of benzene rings is 2. The first-order valence-corrected chi connectivity index (χ1v) is 8.70. The number of rotatable bonds is 4. The van der Waals surface area contributed by atoms with E-state index in [0.717, 1.165) is 30.0 Å². The number of amides is 2. The second-order valence-corrected chi connectivity index (χ2v) is 6.47. The molecule has 1 aliphatic heterocycles. The van der Waals surface area contributed by atoms with Crippen LogP contribution in [0.5, 0.6) is 0 Å². The molecule has 25 heavy (non-hydrogen) atoms. The Morgan fingerprint density at radius 3 is 2.40 bits per heavy atom. The molecule has 2 aromatic carbocycles. The van der Waals surface area contributed by atoms with Gasteiger partial charge in [0.2, 0.25) is 0 Å². The first-order valence-electron chi connectivity index (χ1n) is 8.70. The van der Waals surface area contributed by atoms with Crippen LogP contribution in [0.15, 0.2) is 54.6 Å². The van der Waals surface area contributed by atoms with E-state index in [1.54, 1.807) is 0 Å². The molecule has 0 radical (unpaired) electrons. The number of hydrogen-bond donors (Lipinski definition) is 2. The van der Waals surface area contributed by atoms with Crippen LogP contribution in [0, 0.1) is 0 Å². The van der Waals surface area contributed by atoms with Crippen LogP contribution in [0.2, 0.25) is 0 Å². The fourth-order valence-corrected chi connectivity index (χ4v) is 3.17. The molecule has 2 aromatic rings. The topological polar surface area (TPSA) is 53.6 Å². The summed E-state index contributed by atoms with van der Waals surface area (Å²) in [4.78, 5) is 14.6.